The Labute approximate surface area is 114 Å². The molecule has 2 unspecified atom stereocenters. The zero-order valence-corrected chi connectivity index (χ0v) is 11.5. The van der Waals surface area contributed by atoms with E-state index in [1.807, 2.05) is 12.2 Å². The topological polar surface area (TPSA) is 70.6 Å². The Morgan fingerprint density at radius 2 is 2.37 bits per heavy atom. The predicted octanol–water partition coefficient (Wildman–Crippen LogP) is 1.18. The van der Waals surface area contributed by atoms with E-state index in [2.05, 4.69) is 17.6 Å². The van der Waals surface area contributed by atoms with Gasteiger partial charge in [-0.3, -0.25) is 0 Å². The molecule has 0 radical (unpaired) electrons. The van der Waals surface area contributed by atoms with Crippen molar-refractivity contribution >= 4 is 6.03 Å². The van der Waals surface area contributed by atoms with E-state index < -0.39 is 0 Å². The minimum Gasteiger partial charge on any atom is -0.396 e. The molecule has 0 saturated carbocycles. The molecule has 1 heterocycles. The minimum atomic E-state index is -0.143. The predicted molar refractivity (Wildman–Crippen MR) is 72.8 cm³/mol. The number of carbonyl (C=O) groups excluding carboxylic acids is 1. The summed E-state index contributed by atoms with van der Waals surface area (Å²) in [5.74, 6) is 0.172. The number of carbonyl (C=O) groups is 1. The first kappa shape index (κ1) is 14.3. The first-order valence-electron chi connectivity index (χ1n) is 7.20. The van der Waals surface area contributed by atoms with Crippen molar-refractivity contribution in [2.45, 2.75) is 50.8 Å². The Kier molecular flexibility index (Phi) is 5.22. The molecule has 0 aromatic rings. The molecule has 0 bridgehead atoms. The third-order valence-electron chi connectivity index (χ3n) is 3.89. The Hall–Kier alpha value is -1.07. The zero-order chi connectivity index (χ0) is 13.7. The minimum absolute atomic E-state index is 0.0270. The van der Waals surface area contributed by atoms with E-state index in [1.165, 1.54) is 0 Å². The van der Waals surface area contributed by atoms with Crippen LogP contribution in [0.4, 0.5) is 4.79 Å². The van der Waals surface area contributed by atoms with Crippen LogP contribution in [-0.2, 0) is 4.74 Å². The molecule has 4 atom stereocenters. The van der Waals surface area contributed by atoms with Crippen molar-refractivity contribution < 1.29 is 14.6 Å². The van der Waals surface area contributed by atoms with Crippen molar-refractivity contribution in [3.8, 4) is 0 Å². The van der Waals surface area contributed by atoms with Crippen LogP contribution in [0.5, 0.6) is 0 Å². The van der Waals surface area contributed by atoms with Gasteiger partial charge in [-0.1, -0.05) is 19.1 Å². The summed E-state index contributed by atoms with van der Waals surface area (Å²) in [7, 11) is 0. The SMILES string of the molecule is CCC(NC(=O)N[C@@H]1C=C[C@H](CO)C1)C1CCCO1. The van der Waals surface area contributed by atoms with E-state index in [0.717, 1.165) is 32.3 Å². The molecule has 19 heavy (non-hydrogen) atoms. The molecule has 3 N–H and O–H groups in total. The van der Waals surface area contributed by atoms with Crippen LogP contribution < -0.4 is 10.6 Å². The largest absolute Gasteiger partial charge is 0.396 e. The summed E-state index contributed by atoms with van der Waals surface area (Å²) >= 11 is 0. The first-order valence-corrected chi connectivity index (χ1v) is 7.20. The second-order valence-corrected chi connectivity index (χ2v) is 5.35. The lowest BCUT2D eigenvalue weighted by molar-refractivity contribution is 0.0795. The van der Waals surface area contributed by atoms with Gasteiger partial charge in [-0.25, -0.2) is 4.79 Å². The van der Waals surface area contributed by atoms with Crippen molar-refractivity contribution in [2.75, 3.05) is 13.2 Å². The Morgan fingerprint density at radius 1 is 1.53 bits per heavy atom. The smallest absolute Gasteiger partial charge is 0.315 e. The second-order valence-electron chi connectivity index (χ2n) is 5.35. The maximum Gasteiger partial charge on any atom is 0.315 e. The average molecular weight is 268 g/mol. The molecule has 2 amide bonds. The monoisotopic (exact) mass is 268 g/mol. The highest BCUT2D eigenvalue weighted by Gasteiger charge is 2.27. The third kappa shape index (κ3) is 3.94. The summed E-state index contributed by atoms with van der Waals surface area (Å²) in [6.45, 7) is 3.00. The molecule has 0 aromatic heterocycles. The summed E-state index contributed by atoms with van der Waals surface area (Å²) < 4.78 is 5.62. The summed E-state index contributed by atoms with van der Waals surface area (Å²) in [5, 5.41) is 15.0. The Bertz CT molecular complexity index is 327. The molecule has 1 saturated heterocycles. The Balaban J connectivity index is 1.75. The van der Waals surface area contributed by atoms with Gasteiger partial charge in [0.25, 0.3) is 0 Å². The van der Waals surface area contributed by atoms with Gasteiger partial charge in [0.05, 0.1) is 12.1 Å². The number of aliphatic hydroxyl groups excluding tert-OH is 1. The van der Waals surface area contributed by atoms with E-state index in [-0.39, 0.29) is 36.7 Å². The molecule has 2 rings (SSSR count). The quantitative estimate of drug-likeness (QED) is 0.656. The lowest BCUT2D eigenvalue weighted by Gasteiger charge is -2.24. The summed E-state index contributed by atoms with van der Waals surface area (Å²) in [6, 6.07) is -0.0312. The van der Waals surface area contributed by atoms with Gasteiger partial charge in [-0.15, -0.1) is 0 Å². The summed E-state index contributed by atoms with van der Waals surface area (Å²) in [6.07, 6.45) is 7.82. The molecule has 0 spiro atoms. The summed E-state index contributed by atoms with van der Waals surface area (Å²) in [4.78, 5) is 11.9. The zero-order valence-electron chi connectivity index (χ0n) is 11.5. The van der Waals surface area contributed by atoms with Crippen LogP contribution >= 0.6 is 0 Å². The number of rotatable bonds is 5. The number of urea groups is 1. The normalized spacial score (nSPS) is 31.4. The fourth-order valence-electron chi connectivity index (χ4n) is 2.77. The van der Waals surface area contributed by atoms with Crippen LogP contribution in [0, 0.1) is 5.92 Å². The summed E-state index contributed by atoms with van der Waals surface area (Å²) in [5.41, 5.74) is 0. The van der Waals surface area contributed by atoms with Crippen LogP contribution in [-0.4, -0.2) is 42.5 Å². The van der Waals surface area contributed by atoms with Crippen LogP contribution in [0.25, 0.3) is 0 Å². The third-order valence-corrected chi connectivity index (χ3v) is 3.89. The van der Waals surface area contributed by atoms with Crippen molar-refractivity contribution in [1.29, 1.82) is 0 Å². The number of ether oxygens (including phenoxy) is 1. The van der Waals surface area contributed by atoms with Crippen molar-refractivity contribution in [2.24, 2.45) is 5.92 Å². The molecular formula is C14H24N2O3. The molecule has 1 fully saturated rings. The van der Waals surface area contributed by atoms with Gasteiger partial charge in [0.2, 0.25) is 0 Å². The van der Waals surface area contributed by atoms with E-state index in [4.69, 9.17) is 9.84 Å². The molecular weight excluding hydrogens is 244 g/mol. The molecule has 1 aliphatic carbocycles. The van der Waals surface area contributed by atoms with Crippen molar-refractivity contribution in [1.82, 2.24) is 10.6 Å². The van der Waals surface area contributed by atoms with Gasteiger partial charge in [-0.2, -0.15) is 0 Å². The van der Waals surface area contributed by atoms with Crippen LogP contribution in [0.3, 0.4) is 0 Å². The number of nitrogens with one attached hydrogen (secondary N) is 2. The molecule has 108 valence electrons. The van der Waals surface area contributed by atoms with Gasteiger partial charge in [0, 0.05) is 25.2 Å². The van der Waals surface area contributed by atoms with Crippen LogP contribution in [0.2, 0.25) is 0 Å². The van der Waals surface area contributed by atoms with E-state index in [0.29, 0.717) is 0 Å². The molecule has 2 aliphatic rings. The van der Waals surface area contributed by atoms with E-state index in [9.17, 15) is 4.79 Å². The maximum atomic E-state index is 11.9. The number of amides is 2. The van der Waals surface area contributed by atoms with Gasteiger partial charge >= 0.3 is 6.03 Å². The van der Waals surface area contributed by atoms with Crippen molar-refractivity contribution in [3.63, 3.8) is 0 Å². The fraction of sp³-hybridized carbons (Fsp3) is 0.786. The van der Waals surface area contributed by atoms with Crippen molar-refractivity contribution in [3.05, 3.63) is 12.2 Å². The Morgan fingerprint density at radius 3 is 2.95 bits per heavy atom. The molecule has 5 nitrogen and oxygen atoms in total. The maximum absolute atomic E-state index is 11.9. The van der Waals surface area contributed by atoms with E-state index in [1.54, 1.807) is 0 Å². The average Bonchev–Trinajstić information content (AvgIpc) is 3.06. The van der Waals surface area contributed by atoms with Crippen LogP contribution in [0.15, 0.2) is 12.2 Å². The first-order chi connectivity index (χ1) is 9.22. The molecule has 0 aromatic carbocycles. The van der Waals surface area contributed by atoms with Gasteiger partial charge < -0.3 is 20.5 Å². The second kappa shape index (κ2) is 6.91. The fourth-order valence-corrected chi connectivity index (χ4v) is 2.77. The lowest BCUT2D eigenvalue weighted by Crippen LogP contribution is -2.49. The molecule has 5 heteroatoms. The lowest BCUT2D eigenvalue weighted by atomic mass is 10.1. The van der Waals surface area contributed by atoms with Gasteiger partial charge in [0.1, 0.15) is 0 Å². The highest BCUT2D eigenvalue weighted by molar-refractivity contribution is 5.75. The van der Waals surface area contributed by atoms with Crippen LogP contribution in [0.1, 0.15) is 32.6 Å². The van der Waals surface area contributed by atoms with Gasteiger partial charge in [0.15, 0.2) is 0 Å². The highest BCUT2D eigenvalue weighted by atomic mass is 16.5. The number of aliphatic hydroxyl groups is 1. The van der Waals surface area contributed by atoms with E-state index >= 15 is 0 Å². The number of hydrogen-bond acceptors (Lipinski definition) is 3. The molecule has 1 aliphatic heterocycles. The standard InChI is InChI=1S/C14H24N2O3/c1-2-12(13-4-3-7-19-13)16-14(18)15-11-6-5-10(8-11)9-17/h5-6,10-13,17H,2-4,7-9H2,1H3,(H2,15,16,18)/t10-,11+,12?,13?/m0/s1. The highest BCUT2D eigenvalue weighted by Crippen LogP contribution is 2.18. The number of hydrogen-bond donors (Lipinski definition) is 3. The van der Waals surface area contributed by atoms with Gasteiger partial charge in [-0.05, 0) is 25.7 Å².